The van der Waals surface area contributed by atoms with Gasteiger partial charge in [-0.05, 0) is 54.5 Å². The number of carbonyl (C=O) groups excluding carboxylic acids is 3. The fourth-order valence-electron chi connectivity index (χ4n) is 2.95. The first-order valence-corrected chi connectivity index (χ1v) is 8.97. The van der Waals surface area contributed by atoms with E-state index in [0.29, 0.717) is 28.3 Å². The van der Waals surface area contributed by atoms with Crippen molar-refractivity contribution in [3.8, 4) is 11.5 Å². The molecule has 0 aliphatic carbocycles. The first kappa shape index (κ1) is 20.1. The third-order valence-electron chi connectivity index (χ3n) is 4.62. The highest BCUT2D eigenvalue weighted by atomic mass is 16.5. The van der Waals surface area contributed by atoms with Crippen molar-refractivity contribution in [3.05, 3.63) is 59.2 Å². The van der Waals surface area contributed by atoms with Crippen LogP contribution in [-0.2, 0) is 14.3 Å². The van der Waals surface area contributed by atoms with Gasteiger partial charge in [0.1, 0.15) is 11.5 Å². The van der Waals surface area contributed by atoms with Crippen molar-refractivity contribution < 1.29 is 28.6 Å². The van der Waals surface area contributed by atoms with Gasteiger partial charge in [-0.15, -0.1) is 0 Å². The zero-order valence-corrected chi connectivity index (χ0v) is 16.4. The Kier molecular flexibility index (Phi) is 5.97. The summed E-state index contributed by atoms with van der Waals surface area (Å²) in [7, 11) is 3.07. The summed E-state index contributed by atoms with van der Waals surface area (Å²) in [4.78, 5) is 36.0. The number of nitrogens with one attached hydrogen (secondary N) is 1. The van der Waals surface area contributed by atoms with Gasteiger partial charge >= 0.3 is 5.97 Å². The molecule has 1 aliphatic heterocycles. The Bertz CT molecular complexity index is 973. The topological polar surface area (TPSA) is 90.9 Å². The summed E-state index contributed by atoms with van der Waals surface area (Å²) < 4.78 is 15.4. The van der Waals surface area contributed by atoms with Gasteiger partial charge in [-0.1, -0.05) is 0 Å². The average molecular weight is 395 g/mol. The maximum atomic E-state index is 12.3. The molecule has 1 atom stereocenters. The molecule has 1 aliphatic rings. The Morgan fingerprint density at radius 2 is 1.76 bits per heavy atom. The second-order valence-electron chi connectivity index (χ2n) is 6.52. The van der Waals surface area contributed by atoms with Crippen molar-refractivity contribution in [1.82, 2.24) is 0 Å². The Hall–Kier alpha value is -3.61. The number of hydrogen-bond acceptors (Lipinski definition) is 6. The summed E-state index contributed by atoms with van der Waals surface area (Å²) in [6.07, 6.45) is 2.78. The summed E-state index contributed by atoms with van der Waals surface area (Å²) in [5.74, 6) is -0.230. The molecule has 7 nitrogen and oxygen atoms in total. The molecule has 0 unspecified atom stereocenters. The summed E-state index contributed by atoms with van der Waals surface area (Å²) in [5, 5.41) is 2.75. The normalized spacial score (nSPS) is 15.0. The molecule has 0 saturated carbocycles. The zero-order chi connectivity index (χ0) is 21.0. The van der Waals surface area contributed by atoms with Crippen LogP contribution in [0.2, 0.25) is 0 Å². The van der Waals surface area contributed by atoms with E-state index in [1.165, 1.54) is 20.3 Å². The number of rotatable bonds is 7. The van der Waals surface area contributed by atoms with Crippen LogP contribution in [0.25, 0.3) is 6.08 Å². The van der Waals surface area contributed by atoms with Crippen LogP contribution in [0.4, 0.5) is 5.69 Å². The Morgan fingerprint density at radius 1 is 1.07 bits per heavy atom. The lowest BCUT2D eigenvalue weighted by atomic mass is 9.99. The molecule has 29 heavy (non-hydrogen) atoms. The van der Waals surface area contributed by atoms with E-state index in [9.17, 15) is 14.4 Å². The molecule has 0 fully saturated rings. The molecule has 0 aromatic heterocycles. The zero-order valence-electron chi connectivity index (χ0n) is 16.4. The van der Waals surface area contributed by atoms with Crippen LogP contribution in [-0.4, -0.2) is 38.5 Å². The van der Waals surface area contributed by atoms with Crippen molar-refractivity contribution in [2.45, 2.75) is 12.8 Å². The van der Waals surface area contributed by atoms with Crippen molar-refractivity contribution in [2.24, 2.45) is 0 Å². The maximum absolute atomic E-state index is 12.3. The van der Waals surface area contributed by atoms with Crippen LogP contribution in [0, 0.1) is 0 Å². The lowest BCUT2D eigenvalue weighted by Crippen LogP contribution is -2.13. The smallest absolute Gasteiger partial charge is 0.331 e. The summed E-state index contributed by atoms with van der Waals surface area (Å²) in [5.41, 5.74) is 2.54. The largest absolute Gasteiger partial charge is 0.497 e. The first-order chi connectivity index (χ1) is 13.9. The minimum Gasteiger partial charge on any atom is -0.497 e. The van der Waals surface area contributed by atoms with E-state index in [1.54, 1.807) is 49.4 Å². The van der Waals surface area contributed by atoms with Crippen LogP contribution in [0.15, 0.2) is 42.5 Å². The third-order valence-corrected chi connectivity index (χ3v) is 4.62. The SMILES string of the molecule is COc1cc(/C=C/C(=O)OCC(=O)c2ccc3c(c2)[C@@H](C)C(=O)N3)cc(OC)c1. The lowest BCUT2D eigenvalue weighted by Gasteiger charge is -2.06. The minimum atomic E-state index is -0.647. The number of esters is 1. The summed E-state index contributed by atoms with van der Waals surface area (Å²) in [6, 6.07) is 10.1. The molecule has 0 spiro atoms. The standard InChI is InChI=1S/C22H21NO6/c1-13-18-10-15(5-6-19(18)23-22(13)26)20(24)12-29-21(25)7-4-14-8-16(27-2)11-17(9-14)28-3/h4-11,13H,12H2,1-3H3,(H,23,26)/b7-4+/t13-/m1/s1. The predicted octanol–water partition coefficient (Wildman–Crippen LogP) is 3.20. The van der Waals surface area contributed by atoms with Gasteiger partial charge < -0.3 is 19.5 Å². The number of anilines is 1. The second kappa shape index (κ2) is 8.60. The van der Waals surface area contributed by atoms with Gasteiger partial charge in [0, 0.05) is 23.4 Å². The highest BCUT2D eigenvalue weighted by Gasteiger charge is 2.27. The third kappa shape index (κ3) is 4.63. The fraction of sp³-hybridized carbons (Fsp3) is 0.227. The molecule has 2 aromatic rings. The molecule has 0 radical (unpaired) electrons. The Morgan fingerprint density at radius 3 is 2.41 bits per heavy atom. The van der Waals surface area contributed by atoms with Gasteiger partial charge in [0.15, 0.2) is 12.4 Å². The average Bonchev–Trinajstić information content (AvgIpc) is 3.03. The second-order valence-corrected chi connectivity index (χ2v) is 6.52. The molecule has 1 amide bonds. The minimum absolute atomic E-state index is 0.102. The fourth-order valence-corrected chi connectivity index (χ4v) is 2.95. The number of carbonyl (C=O) groups is 3. The maximum Gasteiger partial charge on any atom is 0.331 e. The van der Waals surface area contributed by atoms with Crippen LogP contribution >= 0.6 is 0 Å². The molecule has 150 valence electrons. The molecular weight excluding hydrogens is 374 g/mol. The molecule has 3 rings (SSSR count). The van der Waals surface area contributed by atoms with Gasteiger partial charge in [0.2, 0.25) is 5.91 Å². The molecule has 0 saturated heterocycles. The Balaban J connectivity index is 1.61. The molecule has 1 N–H and O–H groups in total. The van der Waals surface area contributed by atoms with Crippen molar-refractivity contribution in [2.75, 3.05) is 26.1 Å². The van der Waals surface area contributed by atoms with Crippen molar-refractivity contribution in [1.29, 1.82) is 0 Å². The van der Waals surface area contributed by atoms with Crippen LogP contribution < -0.4 is 14.8 Å². The van der Waals surface area contributed by atoms with E-state index in [0.717, 1.165) is 5.56 Å². The Labute approximate surface area is 168 Å². The van der Waals surface area contributed by atoms with Gasteiger partial charge in [-0.25, -0.2) is 4.79 Å². The van der Waals surface area contributed by atoms with E-state index in [2.05, 4.69) is 5.32 Å². The first-order valence-electron chi connectivity index (χ1n) is 8.97. The lowest BCUT2D eigenvalue weighted by molar-refractivity contribution is -0.136. The number of hydrogen-bond donors (Lipinski definition) is 1. The summed E-state index contributed by atoms with van der Waals surface area (Å²) >= 11 is 0. The van der Waals surface area contributed by atoms with Gasteiger partial charge in [-0.3, -0.25) is 9.59 Å². The van der Waals surface area contributed by atoms with Crippen molar-refractivity contribution in [3.63, 3.8) is 0 Å². The number of fused-ring (bicyclic) bond motifs is 1. The quantitative estimate of drug-likeness (QED) is 0.440. The van der Waals surface area contributed by atoms with E-state index < -0.39 is 5.97 Å². The van der Waals surface area contributed by atoms with E-state index >= 15 is 0 Å². The predicted molar refractivity (Wildman–Crippen MR) is 107 cm³/mol. The molecule has 1 heterocycles. The number of Topliss-reactive ketones (excluding diaryl/α,β-unsaturated/α-hetero) is 1. The van der Waals surface area contributed by atoms with Gasteiger partial charge in [0.05, 0.1) is 20.1 Å². The molecule has 0 bridgehead atoms. The number of amides is 1. The number of ether oxygens (including phenoxy) is 3. The molecule has 2 aromatic carbocycles. The summed E-state index contributed by atoms with van der Waals surface area (Å²) in [6.45, 7) is 1.38. The van der Waals surface area contributed by atoms with E-state index in [4.69, 9.17) is 14.2 Å². The highest BCUT2D eigenvalue weighted by Crippen LogP contribution is 2.32. The number of ketones is 1. The van der Waals surface area contributed by atoms with Crippen LogP contribution in [0.5, 0.6) is 11.5 Å². The van der Waals surface area contributed by atoms with Crippen molar-refractivity contribution >= 4 is 29.4 Å². The monoisotopic (exact) mass is 395 g/mol. The van der Waals surface area contributed by atoms with Gasteiger partial charge in [-0.2, -0.15) is 0 Å². The van der Waals surface area contributed by atoms with E-state index in [-0.39, 0.29) is 24.2 Å². The molecule has 7 heteroatoms. The highest BCUT2D eigenvalue weighted by molar-refractivity contribution is 6.05. The van der Waals surface area contributed by atoms with Crippen LogP contribution in [0.1, 0.15) is 34.3 Å². The van der Waals surface area contributed by atoms with Crippen LogP contribution in [0.3, 0.4) is 0 Å². The molecular formula is C22H21NO6. The van der Waals surface area contributed by atoms with E-state index in [1.807, 2.05) is 0 Å². The number of benzene rings is 2. The van der Waals surface area contributed by atoms with Gasteiger partial charge in [0.25, 0.3) is 0 Å². The number of methoxy groups -OCH3 is 2.